The molecule has 1 heterocycles. The van der Waals surface area contributed by atoms with Crippen molar-refractivity contribution in [2.75, 3.05) is 11.9 Å². The summed E-state index contributed by atoms with van der Waals surface area (Å²) in [6, 6.07) is 18.8. The average molecular weight is 435 g/mol. The molecule has 5 nitrogen and oxygen atoms in total. The Kier molecular flexibility index (Phi) is 5.96. The van der Waals surface area contributed by atoms with Crippen molar-refractivity contribution in [3.63, 3.8) is 0 Å². The number of nitrogens with zero attached hydrogens (tertiary/aromatic N) is 1. The smallest absolute Gasteiger partial charge is 0.262 e. The molecule has 1 N–H and O–H groups in total. The second-order valence-electron chi connectivity index (χ2n) is 7.75. The zero-order valence-corrected chi connectivity index (χ0v) is 18.4. The molecule has 0 spiro atoms. The number of halogens is 1. The molecule has 3 aromatic carbocycles. The number of benzene rings is 3. The number of hydrogen-bond acceptors (Lipinski definition) is 4. The van der Waals surface area contributed by atoms with E-state index < -0.39 is 0 Å². The van der Waals surface area contributed by atoms with E-state index in [0.29, 0.717) is 33.9 Å². The molecule has 4 aromatic rings. The second kappa shape index (κ2) is 8.82. The number of hydrogen-bond donors (Lipinski definition) is 1. The Morgan fingerprint density at radius 2 is 1.87 bits per heavy atom. The highest BCUT2D eigenvalue weighted by molar-refractivity contribution is 6.33. The summed E-state index contributed by atoms with van der Waals surface area (Å²) in [5.41, 5.74) is 5.04. The molecule has 0 aliphatic heterocycles. The lowest BCUT2D eigenvalue weighted by molar-refractivity contribution is -0.118. The van der Waals surface area contributed by atoms with E-state index in [-0.39, 0.29) is 12.5 Å². The number of oxazole rings is 1. The predicted octanol–water partition coefficient (Wildman–Crippen LogP) is 6.60. The molecule has 6 heteroatoms. The van der Waals surface area contributed by atoms with Gasteiger partial charge in [0.25, 0.3) is 5.91 Å². The van der Waals surface area contributed by atoms with Crippen LogP contribution in [-0.2, 0) is 4.79 Å². The lowest BCUT2D eigenvalue weighted by Gasteiger charge is -2.10. The number of carbonyl (C=O) groups is 1. The maximum absolute atomic E-state index is 12.4. The largest absolute Gasteiger partial charge is 0.484 e. The van der Waals surface area contributed by atoms with Gasteiger partial charge in [-0.3, -0.25) is 4.79 Å². The van der Waals surface area contributed by atoms with Crippen molar-refractivity contribution in [2.45, 2.75) is 26.7 Å². The molecule has 0 radical (unpaired) electrons. The van der Waals surface area contributed by atoms with E-state index in [0.717, 1.165) is 16.6 Å². The fraction of sp³-hybridized carbons (Fsp3) is 0.200. The van der Waals surface area contributed by atoms with E-state index >= 15 is 0 Å². The molecule has 0 saturated heterocycles. The molecule has 0 aliphatic rings. The van der Waals surface area contributed by atoms with Crippen LogP contribution in [0.4, 0.5) is 5.69 Å². The Balaban J connectivity index is 1.50. The van der Waals surface area contributed by atoms with E-state index in [2.05, 4.69) is 24.1 Å². The first kappa shape index (κ1) is 20.9. The monoisotopic (exact) mass is 434 g/mol. The number of aromatic nitrogens is 1. The van der Waals surface area contributed by atoms with Crippen LogP contribution in [0.1, 0.15) is 30.9 Å². The van der Waals surface area contributed by atoms with Gasteiger partial charge in [0.15, 0.2) is 12.2 Å². The van der Waals surface area contributed by atoms with Crippen LogP contribution in [-0.4, -0.2) is 17.5 Å². The first-order valence-electron chi connectivity index (χ1n) is 10.1. The average Bonchev–Trinajstić information content (AvgIpc) is 3.18. The summed E-state index contributed by atoms with van der Waals surface area (Å²) in [6.07, 6.45) is 0. The highest BCUT2D eigenvalue weighted by Gasteiger charge is 2.13. The van der Waals surface area contributed by atoms with Crippen LogP contribution in [0.3, 0.4) is 0 Å². The third-order valence-electron chi connectivity index (χ3n) is 4.96. The van der Waals surface area contributed by atoms with Gasteiger partial charge in [-0.1, -0.05) is 49.2 Å². The SMILES string of the molecule is Cc1ccc(OCC(=O)Nc2cc(-c3nc4cc(C(C)C)ccc4o3)ccc2Cl)cc1. The third-order valence-corrected chi connectivity index (χ3v) is 5.29. The van der Waals surface area contributed by atoms with Gasteiger partial charge in [-0.15, -0.1) is 0 Å². The minimum absolute atomic E-state index is 0.121. The molecule has 1 amide bonds. The summed E-state index contributed by atoms with van der Waals surface area (Å²) in [4.78, 5) is 17.0. The number of nitrogens with one attached hydrogen (secondary N) is 1. The molecule has 0 unspecified atom stereocenters. The van der Waals surface area contributed by atoms with Gasteiger partial charge in [0.1, 0.15) is 11.3 Å². The molecule has 0 aliphatic carbocycles. The van der Waals surface area contributed by atoms with Gasteiger partial charge in [-0.25, -0.2) is 4.98 Å². The highest BCUT2D eigenvalue weighted by Crippen LogP contribution is 2.31. The number of carbonyl (C=O) groups excluding carboxylic acids is 1. The summed E-state index contributed by atoms with van der Waals surface area (Å²) in [7, 11) is 0. The van der Waals surface area contributed by atoms with Gasteiger partial charge >= 0.3 is 0 Å². The summed E-state index contributed by atoms with van der Waals surface area (Å²) in [6.45, 7) is 6.15. The lowest BCUT2D eigenvalue weighted by atomic mass is 10.0. The number of aryl methyl sites for hydroxylation is 1. The zero-order valence-electron chi connectivity index (χ0n) is 17.6. The van der Waals surface area contributed by atoms with Crippen molar-refractivity contribution < 1.29 is 13.9 Å². The summed E-state index contributed by atoms with van der Waals surface area (Å²) < 4.78 is 11.4. The molecule has 0 atom stereocenters. The quantitative estimate of drug-likeness (QED) is 0.371. The lowest BCUT2D eigenvalue weighted by Crippen LogP contribution is -2.20. The van der Waals surface area contributed by atoms with Gasteiger partial charge in [0.2, 0.25) is 5.89 Å². The van der Waals surface area contributed by atoms with Crippen molar-refractivity contribution in [3.05, 3.63) is 76.8 Å². The maximum Gasteiger partial charge on any atom is 0.262 e. The zero-order chi connectivity index (χ0) is 22.0. The van der Waals surface area contributed by atoms with E-state index in [1.165, 1.54) is 5.56 Å². The Morgan fingerprint density at radius 1 is 1.10 bits per heavy atom. The van der Waals surface area contributed by atoms with Crippen molar-refractivity contribution >= 4 is 34.3 Å². The highest BCUT2D eigenvalue weighted by atomic mass is 35.5. The number of anilines is 1. The van der Waals surface area contributed by atoms with E-state index in [1.807, 2.05) is 55.5 Å². The van der Waals surface area contributed by atoms with Crippen molar-refractivity contribution in [1.82, 2.24) is 4.98 Å². The van der Waals surface area contributed by atoms with Crippen LogP contribution < -0.4 is 10.1 Å². The van der Waals surface area contributed by atoms with Gasteiger partial charge in [0.05, 0.1) is 10.7 Å². The molecular weight excluding hydrogens is 412 g/mol. The third kappa shape index (κ3) is 4.89. The minimum atomic E-state index is -0.307. The van der Waals surface area contributed by atoms with Gasteiger partial charge in [-0.2, -0.15) is 0 Å². The summed E-state index contributed by atoms with van der Waals surface area (Å²) >= 11 is 6.29. The van der Waals surface area contributed by atoms with E-state index in [4.69, 9.17) is 20.8 Å². The van der Waals surface area contributed by atoms with Crippen molar-refractivity contribution in [3.8, 4) is 17.2 Å². The Labute approximate surface area is 186 Å². The fourth-order valence-electron chi connectivity index (χ4n) is 3.15. The van der Waals surface area contributed by atoms with E-state index in [1.54, 1.807) is 12.1 Å². The van der Waals surface area contributed by atoms with Crippen LogP contribution >= 0.6 is 11.6 Å². The predicted molar refractivity (Wildman–Crippen MR) is 124 cm³/mol. The first-order valence-corrected chi connectivity index (χ1v) is 10.5. The van der Waals surface area contributed by atoms with Gasteiger partial charge in [-0.05, 0) is 60.9 Å². The van der Waals surface area contributed by atoms with Crippen LogP contribution in [0, 0.1) is 6.92 Å². The Bertz CT molecular complexity index is 1230. The first-order chi connectivity index (χ1) is 14.9. The van der Waals surface area contributed by atoms with Crippen LogP contribution in [0.2, 0.25) is 5.02 Å². The van der Waals surface area contributed by atoms with E-state index in [9.17, 15) is 4.79 Å². The van der Waals surface area contributed by atoms with Crippen LogP contribution in [0.25, 0.3) is 22.6 Å². The minimum Gasteiger partial charge on any atom is -0.484 e. The molecule has 0 saturated carbocycles. The van der Waals surface area contributed by atoms with Crippen molar-refractivity contribution in [1.29, 1.82) is 0 Å². The summed E-state index contributed by atoms with van der Waals surface area (Å²) in [5, 5.41) is 3.22. The van der Waals surface area contributed by atoms with Crippen LogP contribution in [0.15, 0.2) is 65.1 Å². The molecule has 0 fully saturated rings. The van der Waals surface area contributed by atoms with Crippen molar-refractivity contribution in [2.24, 2.45) is 0 Å². The summed E-state index contributed by atoms with van der Waals surface area (Å²) in [5.74, 6) is 1.20. The second-order valence-corrected chi connectivity index (χ2v) is 8.15. The number of rotatable bonds is 6. The molecule has 4 rings (SSSR count). The molecule has 0 bridgehead atoms. The topological polar surface area (TPSA) is 64.4 Å². The van der Waals surface area contributed by atoms with Crippen LogP contribution in [0.5, 0.6) is 5.75 Å². The van der Waals surface area contributed by atoms with Gasteiger partial charge < -0.3 is 14.5 Å². The molecular formula is C25H23ClN2O3. The molecule has 158 valence electrons. The number of ether oxygens (including phenoxy) is 1. The standard InChI is InChI=1S/C25H23ClN2O3/c1-15(2)17-7-11-23-22(12-17)28-25(31-23)18-6-10-20(26)21(13-18)27-24(29)14-30-19-8-4-16(3)5-9-19/h4-13,15H,14H2,1-3H3,(H,27,29). The molecule has 31 heavy (non-hydrogen) atoms. The number of fused-ring (bicyclic) bond motifs is 1. The van der Waals surface area contributed by atoms with Gasteiger partial charge in [0, 0.05) is 5.56 Å². The fourth-order valence-corrected chi connectivity index (χ4v) is 3.32. The normalized spacial score (nSPS) is 11.1. The Hall–Kier alpha value is -3.31. The Morgan fingerprint density at radius 3 is 2.61 bits per heavy atom. The molecule has 1 aromatic heterocycles. The number of amides is 1. The maximum atomic E-state index is 12.4.